The minimum Gasteiger partial charge on any atom is -0.510 e. The lowest BCUT2D eigenvalue weighted by Crippen LogP contribution is -2.63. The molecule has 3 aliphatic carbocycles. The molecule has 0 aliphatic heterocycles. The molecule has 8 N–H and O–H groups in total. The van der Waals surface area contributed by atoms with Crippen LogP contribution in [0.4, 0.5) is 27.5 Å². The molecule has 0 radical (unpaired) electrons. The number of nitrogens with zero attached hydrogens (tertiary/aromatic N) is 3. The monoisotopic (exact) mass is 636 g/mol. The maximum absolute atomic E-state index is 14.1. The van der Waals surface area contributed by atoms with Gasteiger partial charge in [0.15, 0.2) is 17.1 Å². The number of primary amides is 1. The van der Waals surface area contributed by atoms with Crippen LogP contribution in [0.1, 0.15) is 22.3 Å². The fourth-order valence-electron chi connectivity index (χ4n) is 6.74. The first-order valence-electron chi connectivity index (χ1n) is 14.0. The van der Waals surface area contributed by atoms with Crippen molar-refractivity contribution in [3.63, 3.8) is 0 Å². The van der Waals surface area contributed by atoms with E-state index in [2.05, 4.69) is 10.6 Å². The first kappa shape index (κ1) is 31.9. The summed E-state index contributed by atoms with van der Waals surface area (Å²) < 4.78 is 0. The summed E-state index contributed by atoms with van der Waals surface area (Å²) in [7, 11) is 6.44. The molecular weight excluding hydrogens is 604 g/mol. The average Bonchev–Trinajstić information content (AvgIpc) is 2.96. The third kappa shape index (κ3) is 4.78. The number of hydrogen-bond acceptors (Lipinski definition) is 12. The number of aromatic hydroxyl groups is 1. The van der Waals surface area contributed by atoms with Crippen LogP contribution < -0.4 is 21.3 Å². The Morgan fingerprint density at radius 3 is 2.24 bits per heavy atom. The van der Waals surface area contributed by atoms with Gasteiger partial charge in [-0.15, -0.1) is 0 Å². The number of allylic oxidation sites excluding steroid dienone is 1. The Labute approximate surface area is 261 Å². The number of benzene rings is 2. The Hall–Kier alpha value is -5.48. The number of non-ortho nitro benzene ring substituents is 1. The topological polar surface area (TPSA) is 249 Å². The number of fused-ring (bicyclic) bond motifs is 3. The number of carbonyl (C=O) groups is 4. The third-order valence-corrected chi connectivity index (χ3v) is 8.77. The number of carbonyl (C=O) groups excluding carboxylic acids is 4. The zero-order chi connectivity index (χ0) is 34.0. The van der Waals surface area contributed by atoms with Crippen molar-refractivity contribution in [3.8, 4) is 5.75 Å². The quantitative estimate of drug-likeness (QED) is 0.104. The number of ketones is 2. The summed E-state index contributed by atoms with van der Waals surface area (Å²) in [5.41, 5.74) is 1.70. The van der Waals surface area contributed by atoms with Crippen LogP contribution >= 0.6 is 0 Å². The summed E-state index contributed by atoms with van der Waals surface area (Å²) >= 11 is 0. The number of rotatable bonds is 6. The number of aliphatic hydroxyl groups is 3. The molecule has 16 nitrogen and oxygen atoms in total. The molecular formula is C30H32N6O10. The first-order chi connectivity index (χ1) is 21.5. The second-order valence-electron chi connectivity index (χ2n) is 11.9. The Morgan fingerprint density at radius 1 is 1.07 bits per heavy atom. The van der Waals surface area contributed by atoms with Crippen molar-refractivity contribution in [2.75, 3.05) is 43.7 Å². The van der Waals surface area contributed by atoms with Crippen LogP contribution in [0.2, 0.25) is 0 Å². The molecule has 0 heterocycles. The molecule has 16 heteroatoms. The molecule has 5 rings (SSSR count). The molecule has 0 aromatic heterocycles. The van der Waals surface area contributed by atoms with Gasteiger partial charge >= 0.3 is 6.03 Å². The van der Waals surface area contributed by atoms with Crippen LogP contribution in [-0.2, 0) is 16.0 Å². The zero-order valence-electron chi connectivity index (χ0n) is 25.2. The van der Waals surface area contributed by atoms with Gasteiger partial charge in [-0.1, -0.05) is 0 Å². The van der Waals surface area contributed by atoms with Crippen molar-refractivity contribution in [2.45, 2.75) is 24.5 Å². The van der Waals surface area contributed by atoms with Gasteiger partial charge in [0.25, 0.3) is 11.6 Å². The van der Waals surface area contributed by atoms with Crippen LogP contribution in [0.15, 0.2) is 53.0 Å². The lowest BCUT2D eigenvalue weighted by atomic mass is 9.58. The third-order valence-electron chi connectivity index (χ3n) is 8.77. The highest BCUT2D eigenvalue weighted by atomic mass is 16.6. The highest BCUT2D eigenvalue weighted by Crippen LogP contribution is 2.54. The number of nitro benzene ring substituents is 1. The van der Waals surface area contributed by atoms with Crippen molar-refractivity contribution in [1.29, 1.82) is 0 Å². The predicted octanol–water partition coefficient (Wildman–Crippen LogP) is 1.74. The van der Waals surface area contributed by atoms with Gasteiger partial charge in [0.2, 0.25) is 5.78 Å². The van der Waals surface area contributed by atoms with Crippen molar-refractivity contribution in [3.05, 3.63) is 74.2 Å². The lowest BCUT2D eigenvalue weighted by Gasteiger charge is -2.50. The lowest BCUT2D eigenvalue weighted by molar-refractivity contribution is -0.384. The summed E-state index contributed by atoms with van der Waals surface area (Å²) in [4.78, 5) is 66.1. The summed E-state index contributed by atoms with van der Waals surface area (Å²) in [6, 6.07) is 4.48. The fourth-order valence-corrected chi connectivity index (χ4v) is 6.74. The van der Waals surface area contributed by atoms with Crippen LogP contribution in [-0.4, -0.2) is 93.6 Å². The molecule has 2 aromatic rings. The number of amides is 3. The predicted molar refractivity (Wildman–Crippen MR) is 164 cm³/mol. The largest absolute Gasteiger partial charge is 0.510 e. The van der Waals surface area contributed by atoms with E-state index in [9.17, 15) is 49.7 Å². The van der Waals surface area contributed by atoms with E-state index < -0.39 is 74.7 Å². The van der Waals surface area contributed by atoms with Gasteiger partial charge in [0.1, 0.15) is 17.1 Å². The van der Waals surface area contributed by atoms with Crippen LogP contribution in [0.5, 0.6) is 5.75 Å². The zero-order valence-corrected chi connectivity index (χ0v) is 25.2. The molecule has 2 aromatic carbocycles. The average molecular weight is 637 g/mol. The maximum atomic E-state index is 14.1. The number of urea groups is 1. The van der Waals surface area contributed by atoms with E-state index in [1.165, 1.54) is 35.2 Å². The van der Waals surface area contributed by atoms with Gasteiger partial charge in [-0.05, 0) is 56.6 Å². The Kier molecular flexibility index (Phi) is 7.74. The molecule has 4 atom stereocenters. The van der Waals surface area contributed by atoms with E-state index in [-0.39, 0.29) is 41.0 Å². The van der Waals surface area contributed by atoms with E-state index in [4.69, 9.17) is 5.73 Å². The highest BCUT2D eigenvalue weighted by molar-refractivity contribution is 6.25. The normalized spacial score (nSPS) is 23.8. The van der Waals surface area contributed by atoms with Crippen LogP contribution in [0.3, 0.4) is 0 Å². The molecule has 3 amide bonds. The minimum absolute atomic E-state index is 0.0604. The maximum Gasteiger partial charge on any atom is 0.323 e. The molecule has 46 heavy (non-hydrogen) atoms. The minimum atomic E-state index is -2.79. The number of aliphatic hydroxyl groups excluding tert-OH is 2. The molecule has 0 saturated carbocycles. The molecule has 3 aliphatic rings. The number of phenols is 1. The first-order valence-corrected chi connectivity index (χ1v) is 14.0. The molecule has 0 saturated heterocycles. The molecule has 0 spiro atoms. The van der Waals surface area contributed by atoms with E-state index in [1.807, 2.05) is 0 Å². The van der Waals surface area contributed by atoms with E-state index in [0.717, 1.165) is 0 Å². The number of likely N-dealkylation sites (N-methyl/N-ethyl adjacent to an activating group) is 1. The Balaban J connectivity index is 1.58. The number of hydrogen-bond donors (Lipinski definition) is 7. The van der Waals surface area contributed by atoms with E-state index >= 15 is 0 Å². The molecule has 0 bridgehead atoms. The standard InChI is InChI=1S/C30H32N6O10/c1-34(2)18-11-17(33-29(43)32-13-5-7-14(8-6-13)36(45)46)23(37)20-15(18)9-12-10-16-22(35(3)4)25(39)21(28(31)42)27(41)30(16,44)26(40)19(12)24(20)38/h5-8,11-12,16,22,37,39-40,44H,9-10H2,1-4H3,(H2,31,42)(H2,32,33,43)/t12-,16-,22+,30-/m0/s1. The molecule has 0 unspecified atom stereocenters. The number of nitrogens with one attached hydrogen (secondary N) is 2. The van der Waals surface area contributed by atoms with E-state index in [1.54, 1.807) is 33.1 Å². The number of nitrogens with two attached hydrogens (primary N) is 1. The van der Waals surface area contributed by atoms with Gasteiger partial charge in [-0.2, -0.15) is 0 Å². The smallest absolute Gasteiger partial charge is 0.323 e. The highest BCUT2D eigenvalue weighted by Gasteiger charge is 2.63. The SMILES string of the molecule is CN(C)c1cc(NC(=O)Nc2ccc([N+](=O)[O-])cc2)c(O)c2c1C[C@H]1C[C@H]3[C@@H](N(C)C)C(O)=C(C(N)=O)C(=O)[C@@]3(O)C(O)=C1C2=O. The summed E-state index contributed by atoms with van der Waals surface area (Å²) in [6.45, 7) is 0. The number of phenolic OH excluding ortho intramolecular Hbond substituents is 1. The van der Waals surface area contributed by atoms with Gasteiger partial charge in [-0.25, -0.2) is 4.79 Å². The van der Waals surface area contributed by atoms with E-state index in [0.29, 0.717) is 11.3 Å². The Bertz CT molecular complexity index is 1780. The van der Waals surface area contributed by atoms with Crippen molar-refractivity contribution < 1.29 is 44.5 Å². The van der Waals surface area contributed by atoms with Crippen molar-refractivity contribution in [2.24, 2.45) is 17.6 Å². The fraction of sp³-hybridized carbons (Fsp3) is 0.333. The number of nitro groups is 1. The van der Waals surface area contributed by atoms with Gasteiger partial charge in [0, 0.05) is 49.1 Å². The van der Waals surface area contributed by atoms with Crippen molar-refractivity contribution in [1.82, 2.24) is 4.90 Å². The Morgan fingerprint density at radius 2 is 1.70 bits per heavy atom. The van der Waals surface area contributed by atoms with Crippen molar-refractivity contribution >= 4 is 46.3 Å². The molecule has 242 valence electrons. The van der Waals surface area contributed by atoms with Crippen LogP contribution in [0, 0.1) is 22.0 Å². The second kappa shape index (κ2) is 11.1. The summed E-state index contributed by atoms with van der Waals surface area (Å²) in [6.07, 6.45) is -0.0120. The van der Waals surface area contributed by atoms with Gasteiger partial charge < -0.3 is 41.7 Å². The number of anilines is 3. The van der Waals surface area contributed by atoms with Gasteiger partial charge in [-0.3, -0.25) is 29.4 Å². The van der Waals surface area contributed by atoms with Crippen LogP contribution in [0.25, 0.3) is 0 Å². The second-order valence-corrected chi connectivity index (χ2v) is 11.9. The van der Waals surface area contributed by atoms with Gasteiger partial charge in [0.05, 0.1) is 22.2 Å². The molecule has 0 fully saturated rings. The number of Topliss-reactive ketones (excluding diaryl/α,β-unsaturated/α-hetero) is 2. The summed E-state index contributed by atoms with van der Waals surface area (Å²) in [5.74, 6) is -7.83. The summed E-state index contributed by atoms with van der Waals surface area (Å²) in [5, 5.41) is 61.4.